The van der Waals surface area contributed by atoms with Gasteiger partial charge in [-0.3, -0.25) is 0 Å². The topological polar surface area (TPSA) is 74.7 Å². The van der Waals surface area contributed by atoms with E-state index in [2.05, 4.69) is 4.74 Å². The fourth-order valence-corrected chi connectivity index (χ4v) is 1.84. The van der Waals surface area contributed by atoms with Crippen LogP contribution in [0.5, 0.6) is 5.75 Å². The van der Waals surface area contributed by atoms with Crippen molar-refractivity contribution in [2.75, 3.05) is 7.11 Å². The van der Waals surface area contributed by atoms with Crippen LogP contribution in [0.25, 0.3) is 0 Å². The maximum Gasteiger partial charge on any atom is 0.341 e. The van der Waals surface area contributed by atoms with Gasteiger partial charge in [0.2, 0.25) is 0 Å². The van der Waals surface area contributed by atoms with Gasteiger partial charge in [0.15, 0.2) is 0 Å². The van der Waals surface area contributed by atoms with E-state index < -0.39 is 5.97 Å². The molecule has 0 bridgehead atoms. The Kier molecular flexibility index (Phi) is 4.42. The summed E-state index contributed by atoms with van der Waals surface area (Å²) < 4.78 is 15.8. The summed E-state index contributed by atoms with van der Waals surface area (Å²) >= 11 is 0. The van der Waals surface area contributed by atoms with Gasteiger partial charge in [-0.1, -0.05) is 12.1 Å². The lowest BCUT2D eigenvalue weighted by Gasteiger charge is -2.05. The molecular weight excluding hydrogens is 258 g/mol. The molecule has 0 unspecified atom stereocenters. The summed E-state index contributed by atoms with van der Waals surface area (Å²) in [5.74, 6) is 1.39. The van der Waals surface area contributed by atoms with E-state index in [1.807, 2.05) is 24.3 Å². The Bertz CT molecular complexity index is 604. The van der Waals surface area contributed by atoms with E-state index in [0.717, 1.165) is 5.56 Å². The molecule has 0 fully saturated rings. The van der Waals surface area contributed by atoms with Crippen LogP contribution in [0.3, 0.4) is 0 Å². The second-order valence-corrected chi connectivity index (χ2v) is 4.31. The van der Waals surface area contributed by atoms with Crippen LogP contribution in [0.2, 0.25) is 0 Å². The van der Waals surface area contributed by atoms with Crippen LogP contribution in [-0.4, -0.2) is 13.1 Å². The van der Waals surface area contributed by atoms with Crippen molar-refractivity contribution in [2.24, 2.45) is 5.73 Å². The minimum atomic E-state index is -0.414. The molecule has 106 valence electrons. The first kappa shape index (κ1) is 14.1. The van der Waals surface area contributed by atoms with Crippen LogP contribution in [0, 0.1) is 6.92 Å². The summed E-state index contributed by atoms with van der Waals surface area (Å²) in [5.41, 5.74) is 6.98. The number of furan rings is 1. The molecule has 5 heteroatoms. The predicted molar refractivity (Wildman–Crippen MR) is 73.4 cm³/mol. The zero-order valence-corrected chi connectivity index (χ0v) is 11.5. The highest BCUT2D eigenvalue weighted by Gasteiger charge is 2.15. The zero-order chi connectivity index (χ0) is 14.5. The number of ether oxygens (including phenoxy) is 2. The molecule has 0 aliphatic rings. The molecule has 20 heavy (non-hydrogen) atoms. The summed E-state index contributed by atoms with van der Waals surface area (Å²) in [6.45, 7) is 2.42. The Hall–Kier alpha value is -2.27. The Balaban J connectivity index is 2.05. The minimum absolute atomic E-state index is 0.242. The average Bonchev–Trinajstić information content (AvgIpc) is 2.85. The maximum absolute atomic E-state index is 11.5. The van der Waals surface area contributed by atoms with E-state index in [4.69, 9.17) is 14.9 Å². The molecule has 0 spiro atoms. The van der Waals surface area contributed by atoms with Crippen LogP contribution in [0.1, 0.15) is 27.4 Å². The monoisotopic (exact) mass is 275 g/mol. The smallest absolute Gasteiger partial charge is 0.341 e. The number of hydrogen-bond donors (Lipinski definition) is 1. The van der Waals surface area contributed by atoms with E-state index in [1.54, 1.807) is 13.0 Å². The standard InChI is InChI=1S/C15H17NO4/c1-10-14(15(17)18-2)7-13(20-10)9-19-12-5-3-4-11(6-12)8-16/h3-7H,8-9,16H2,1-2H3. The second-order valence-electron chi connectivity index (χ2n) is 4.31. The van der Waals surface area contributed by atoms with Gasteiger partial charge in [-0.15, -0.1) is 0 Å². The summed E-state index contributed by atoms with van der Waals surface area (Å²) in [6, 6.07) is 9.16. The van der Waals surface area contributed by atoms with Crippen molar-refractivity contribution >= 4 is 5.97 Å². The van der Waals surface area contributed by atoms with Gasteiger partial charge < -0.3 is 19.6 Å². The maximum atomic E-state index is 11.5. The van der Waals surface area contributed by atoms with Crippen LogP contribution in [-0.2, 0) is 17.9 Å². The highest BCUT2D eigenvalue weighted by molar-refractivity contribution is 5.90. The highest BCUT2D eigenvalue weighted by atomic mass is 16.5. The first-order valence-corrected chi connectivity index (χ1v) is 6.23. The van der Waals surface area contributed by atoms with Gasteiger partial charge in [0.1, 0.15) is 29.4 Å². The Morgan fingerprint density at radius 3 is 2.85 bits per heavy atom. The second kappa shape index (κ2) is 6.25. The number of nitrogens with two attached hydrogens (primary N) is 1. The number of rotatable bonds is 5. The third-order valence-electron chi connectivity index (χ3n) is 2.89. The van der Waals surface area contributed by atoms with E-state index in [0.29, 0.717) is 29.4 Å². The number of methoxy groups -OCH3 is 1. The van der Waals surface area contributed by atoms with E-state index in [-0.39, 0.29) is 6.61 Å². The Morgan fingerprint density at radius 1 is 1.35 bits per heavy atom. The normalized spacial score (nSPS) is 10.3. The highest BCUT2D eigenvalue weighted by Crippen LogP contribution is 2.19. The molecular formula is C15H17NO4. The third kappa shape index (κ3) is 3.19. The quantitative estimate of drug-likeness (QED) is 0.848. The number of aryl methyl sites for hydroxylation is 1. The molecule has 1 heterocycles. The van der Waals surface area contributed by atoms with Crippen LogP contribution in [0.15, 0.2) is 34.7 Å². The summed E-state index contributed by atoms with van der Waals surface area (Å²) in [7, 11) is 1.34. The van der Waals surface area contributed by atoms with Crippen molar-refractivity contribution in [3.05, 3.63) is 53.0 Å². The lowest BCUT2D eigenvalue weighted by Crippen LogP contribution is -2.01. The Labute approximate surface area is 117 Å². The number of benzene rings is 1. The van der Waals surface area contributed by atoms with Crippen molar-refractivity contribution in [1.82, 2.24) is 0 Å². The minimum Gasteiger partial charge on any atom is -0.486 e. The molecule has 0 atom stereocenters. The number of hydrogen-bond acceptors (Lipinski definition) is 5. The summed E-state index contributed by atoms with van der Waals surface area (Å²) in [6.07, 6.45) is 0. The van der Waals surface area contributed by atoms with Gasteiger partial charge in [-0.25, -0.2) is 4.79 Å². The van der Waals surface area contributed by atoms with Crippen molar-refractivity contribution < 1.29 is 18.7 Å². The number of esters is 1. The molecule has 2 N–H and O–H groups in total. The molecule has 0 radical (unpaired) electrons. The fourth-order valence-electron chi connectivity index (χ4n) is 1.84. The van der Waals surface area contributed by atoms with Crippen molar-refractivity contribution in [3.8, 4) is 5.75 Å². The number of carbonyl (C=O) groups is 1. The van der Waals surface area contributed by atoms with Gasteiger partial charge in [0, 0.05) is 6.54 Å². The van der Waals surface area contributed by atoms with Gasteiger partial charge in [-0.05, 0) is 30.7 Å². The van der Waals surface area contributed by atoms with Crippen molar-refractivity contribution in [2.45, 2.75) is 20.1 Å². The molecule has 0 saturated carbocycles. The van der Waals surface area contributed by atoms with Crippen molar-refractivity contribution in [1.29, 1.82) is 0 Å². The lowest BCUT2D eigenvalue weighted by molar-refractivity contribution is 0.0599. The molecule has 1 aromatic heterocycles. The molecule has 5 nitrogen and oxygen atoms in total. The largest absolute Gasteiger partial charge is 0.486 e. The molecule has 0 amide bonds. The predicted octanol–water partition coefficient (Wildman–Crippen LogP) is 2.41. The van der Waals surface area contributed by atoms with Gasteiger partial charge >= 0.3 is 5.97 Å². The Morgan fingerprint density at radius 2 is 2.15 bits per heavy atom. The molecule has 0 saturated heterocycles. The first-order valence-electron chi connectivity index (χ1n) is 6.23. The van der Waals surface area contributed by atoms with Crippen LogP contribution < -0.4 is 10.5 Å². The molecule has 2 rings (SSSR count). The van der Waals surface area contributed by atoms with Crippen LogP contribution in [0.4, 0.5) is 0 Å². The van der Waals surface area contributed by atoms with E-state index in [9.17, 15) is 4.79 Å². The van der Waals surface area contributed by atoms with Gasteiger partial charge in [0.25, 0.3) is 0 Å². The van der Waals surface area contributed by atoms with Crippen LogP contribution >= 0.6 is 0 Å². The molecule has 1 aromatic carbocycles. The number of carbonyl (C=O) groups excluding carboxylic acids is 1. The van der Waals surface area contributed by atoms with E-state index in [1.165, 1.54) is 7.11 Å². The van der Waals surface area contributed by atoms with Crippen molar-refractivity contribution in [3.63, 3.8) is 0 Å². The third-order valence-corrected chi connectivity index (χ3v) is 2.89. The zero-order valence-electron chi connectivity index (χ0n) is 11.5. The molecule has 0 aliphatic carbocycles. The summed E-state index contributed by atoms with van der Waals surface area (Å²) in [4.78, 5) is 11.5. The van der Waals surface area contributed by atoms with Gasteiger partial charge in [-0.2, -0.15) is 0 Å². The molecule has 2 aromatic rings. The van der Waals surface area contributed by atoms with Gasteiger partial charge in [0.05, 0.1) is 7.11 Å². The van der Waals surface area contributed by atoms with E-state index >= 15 is 0 Å². The average molecular weight is 275 g/mol. The molecule has 0 aliphatic heterocycles. The SMILES string of the molecule is COC(=O)c1cc(COc2cccc(CN)c2)oc1C. The lowest BCUT2D eigenvalue weighted by atomic mass is 10.2. The first-order chi connectivity index (χ1) is 9.63. The fraction of sp³-hybridized carbons (Fsp3) is 0.267. The summed E-state index contributed by atoms with van der Waals surface area (Å²) in [5, 5.41) is 0.